The minimum absolute atomic E-state index is 0.159. The van der Waals surface area contributed by atoms with Crippen LogP contribution in [0.15, 0.2) is 40.2 Å². The molecule has 18 heavy (non-hydrogen) atoms. The third kappa shape index (κ3) is 2.50. The number of nitrogens with zero attached hydrogens (tertiary/aromatic N) is 1. The second kappa shape index (κ2) is 4.52. The molecular weight excluding hydrogens is 247 g/mol. The highest BCUT2D eigenvalue weighted by atomic mass is 19.4. The summed E-state index contributed by atoms with van der Waals surface area (Å²) in [4.78, 5) is 14.8. The average molecular weight is 255 g/mol. The van der Waals surface area contributed by atoms with E-state index < -0.39 is 17.3 Å². The van der Waals surface area contributed by atoms with Gasteiger partial charge >= 0.3 is 6.18 Å². The average Bonchev–Trinajstić information content (AvgIpc) is 2.71. The van der Waals surface area contributed by atoms with Crippen LogP contribution in [0.5, 0.6) is 0 Å². The fourth-order valence-corrected chi connectivity index (χ4v) is 1.38. The minimum atomic E-state index is -4.47. The highest BCUT2D eigenvalue weighted by Crippen LogP contribution is 2.35. The molecule has 0 unspecified atom stereocenters. The lowest BCUT2D eigenvalue weighted by Crippen LogP contribution is -2.06. The fourth-order valence-electron chi connectivity index (χ4n) is 1.38. The maximum atomic E-state index is 12.6. The van der Waals surface area contributed by atoms with E-state index in [9.17, 15) is 18.0 Å². The summed E-state index contributed by atoms with van der Waals surface area (Å²) in [5, 5.41) is 4.68. The van der Waals surface area contributed by atoms with Crippen LogP contribution in [0.4, 0.5) is 18.9 Å². The molecule has 94 valence electrons. The Kier molecular flexibility index (Phi) is 3.05. The molecule has 7 heteroatoms. The lowest BCUT2D eigenvalue weighted by Gasteiger charge is -2.08. The van der Waals surface area contributed by atoms with Crippen LogP contribution >= 0.6 is 0 Å². The van der Waals surface area contributed by atoms with Crippen molar-refractivity contribution in [2.24, 2.45) is 4.99 Å². The van der Waals surface area contributed by atoms with Gasteiger partial charge < -0.3 is 5.10 Å². The molecule has 1 aromatic carbocycles. The number of alkyl halides is 3. The van der Waals surface area contributed by atoms with Crippen LogP contribution in [0.2, 0.25) is 0 Å². The molecule has 0 bridgehead atoms. The van der Waals surface area contributed by atoms with Gasteiger partial charge in [0.15, 0.2) is 0 Å². The minimum Gasteiger partial charge on any atom is -0.305 e. The molecule has 0 saturated carbocycles. The van der Waals surface area contributed by atoms with E-state index in [1.165, 1.54) is 24.4 Å². The van der Waals surface area contributed by atoms with E-state index in [0.717, 1.165) is 12.3 Å². The number of aromatic amines is 2. The number of aromatic nitrogens is 2. The van der Waals surface area contributed by atoms with E-state index in [4.69, 9.17) is 0 Å². The molecule has 0 aliphatic heterocycles. The standard InChI is InChI=1S/C11H8F3N3O/c12-11(13,14)8-3-1-2-4-9(8)15-5-7-6-16-17-10(7)18/h1-6H,(H2,16,17,18). The van der Waals surface area contributed by atoms with E-state index in [-0.39, 0.29) is 11.3 Å². The highest BCUT2D eigenvalue weighted by Gasteiger charge is 2.32. The van der Waals surface area contributed by atoms with Crippen LogP contribution in [-0.4, -0.2) is 16.4 Å². The van der Waals surface area contributed by atoms with Crippen LogP contribution in [0, 0.1) is 0 Å². The summed E-state index contributed by atoms with van der Waals surface area (Å²) in [6.07, 6.45) is -2.07. The maximum Gasteiger partial charge on any atom is 0.418 e. The number of benzene rings is 1. The van der Waals surface area contributed by atoms with Crippen LogP contribution < -0.4 is 5.56 Å². The number of aliphatic imine (C=N–C) groups is 1. The molecule has 0 saturated heterocycles. The molecule has 0 aliphatic rings. The Hall–Kier alpha value is -2.31. The summed E-state index contributed by atoms with van der Waals surface area (Å²) >= 11 is 0. The summed E-state index contributed by atoms with van der Waals surface area (Å²) in [5.74, 6) is 0. The number of hydrogen-bond acceptors (Lipinski definition) is 2. The Morgan fingerprint density at radius 3 is 2.56 bits per heavy atom. The number of halogens is 3. The molecule has 0 spiro atoms. The zero-order valence-electron chi connectivity index (χ0n) is 8.95. The molecule has 0 fully saturated rings. The second-order valence-corrected chi connectivity index (χ2v) is 3.47. The predicted octanol–water partition coefficient (Wildman–Crippen LogP) is 2.47. The molecule has 1 aromatic heterocycles. The second-order valence-electron chi connectivity index (χ2n) is 3.47. The zero-order valence-corrected chi connectivity index (χ0v) is 8.95. The Morgan fingerprint density at radius 2 is 1.94 bits per heavy atom. The highest BCUT2D eigenvalue weighted by molar-refractivity contribution is 5.81. The molecule has 1 heterocycles. The Labute approximate surface area is 99.2 Å². The summed E-state index contributed by atoms with van der Waals surface area (Å²) < 4.78 is 37.9. The first-order chi connectivity index (χ1) is 8.48. The van der Waals surface area contributed by atoms with Gasteiger partial charge in [-0.15, -0.1) is 0 Å². The van der Waals surface area contributed by atoms with Gasteiger partial charge in [0.25, 0.3) is 5.56 Å². The van der Waals surface area contributed by atoms with Gasteiger partial charge in [0.1, 0.15) is 0 Å². The van der Waals surface area contributed by atoms with Crippen LogP contribution in [0.1, 0.15) is 11.1 Å². The first-order valence-electron chi connectivity index (χ1n) is 4.95. The molecule has 0 amide bonds. The van der Waals surface area contributed by atoms with Gasteiger partial charge in [-0.1, -0.05) is 12.1 Å². The maximum absolute atomic E-state index is 12.6. The van der Waals surface area contributed by atoms with Crippen LogP contribution in [0.25, 0.3) is 0 Å². The van der Waals surface area contributed by atoms with E-state index in [2.05, 4.69) is 15.2 Å². The molecule has 0 aliphatic carbocycles. The van der Waals surface area contributed by atoms with Crippen LogP contribution in [0.3, 0.4) is 0 Å². The SMILES string of the molecule is O=c1[nH][nH]cc1C=Nc1ccccc1C(F)(F)F. The molecule has 2 rings (SSSR count). The van der Waals surface area contributed by atoms with Gasteiger partial charge in [-0.2, -0.15) is 13.2 Å². The number of hydrogen-bond donors (Lipinski definition) is 2. The van der Waals surface area contributed by atoms with Crippen molar-refractivity contribution in [2.45, 2.75) is 6.18 Å². The third-order valence-corrected chi connectivity index (χ3v) is 2.23. The van der Waals surface area contributed by atoms with E-state index >= 15 is 0 Å². The predicted molar refractivity (Wildman–Crippen MR) is 60.1 cm³/mol. The van der Waals surface area contributed by atoms with Crippen LogP contribution in [-0.2, 0) is 6.18 Å². The molecule has 4 nitrogen and oxygen atoms in total. The first kappa shape index (κ1) is 12.2. The largest absolute Gasteiger partial charge is 0.418 e. The number of para-hydroxylation sites is 1. The summed E-state index contributed by atoms with van der Waals surface area (Å²) in [5.41, 5.74) is -1.35. The fraction of sp³-hybridized carbons (Fsp3) is 0.0909. The van der Waals surface area contributed by atoms with Gasteiger partial charge in [0.05, 0.1) is 16.8 Å². The topological polar surface area (TPSA) is 61.0 Å². The normalized spacial score (nSPS) is 12.2. The number of H-pyrrole nitrogens is 2. The molecular formula is C11H8F3N3O. The monoisotopic (exact) mass is 255 g/mol. The molecule has 0 radical (unpaired) electrons. The van der Waals surface area contributed by atoms with Crippen molar-refractivity contribution >= 4 is 11.9 Å². The van der Waals surface area contributed by atoms with Gasteiger partial charge in [0.2, 0.25) is 0 Å². The Bertz CT molecular complexity index is 625. The third-order valence-electron chi connectivity index (χ3n) is 2.23. The summed E-state index contributed by atoms with van der Waals surface area (Å²) in [7, 11) is 0. The van der Waals surface area contributed by atoms with Crippen molar-refractivity contribution in [2.75, 3.05) is 0 Å². The van der Waals surface area contributed by atoms with Gasteiger partial charge in [-0.25, -0.2) is 0 Å². The van der Waals surface area contributed by atoms with Crippen molar-refractivity contribution in [3.63, 3.8) is 0 Å². The lowest BCUT2D eigenvalue weighted by atomic mass is 10.2. The van der Waals surface area contributed by atoms with E-state index in [1.807, 2.05) is 0 Å². The molecule has 2 N–H and O–H groups in total. The first-order valence-corrected chi connectivity index (χ1v) is 4.95. The smallest absolute Gasteiger partial charge is 0.305 e. The lowest BCUT2D eigenvalue weighted by molar-refractivity contribution is -0.137. The van der Waals surface area contributed by atoms with Crippen molar-refractivity contribution in [3.8, 4) is 0 Å². The quantitative estimate of drug-likeness (QED) is 0.795. The van der Waals surface area contributed by atoms with Crippen molar-refractivity contribution in [3.05, 3.63) is 51.9 Å². The van der Waals surface area contributed by atoms with Gasteiger partial charge in [0, 0.05) is 12.4 Å². The number of rotatable bonds is 2. The van der Waals surface area contributed by atoms with Crippen molar-refractivity contribution in [1.29, 1.82) is 0 Å². The zero-order chi connectivity index (χ0) is 13.2. The summed E-state index contributed by atoms with van der Waals surface area (Å²) in [6.45, 7) is 0. The number of nitrogens with one attached hydrogen (secondary N) is 2. The Balaban J connectivity index is 2.39. The molecule has 0 atom stereocenters. The Morgan fingerprint density at radius 1 is 1.22 bits per heavy atom. The van der Waals surface area contributed by atoms with Gasteiger partial charge in [-0.05, 0) is 12.1 Å². The van der Waals surface area contributed by atoms with Crippen molar-refractivity contribution in [1.82, 2.24) is 10.2 Å². The van der Waals surface area contributed by atoms with Crippen molar-refractivity contribution < 1.29 is 13.2 Å². The van der Waals surface area contributed by atoms with E-state index in [0.29, 0.717) is 0 Å². The van der Waals surface area contributed by atoms with E-state index in [1.54, 1.807) is 0 Å². The summed E-state index contributed by atoms with van der Waals surface area (Å²) in [6, 6.07) is 4.91. The molecule has 2 aromatic rings. The van der Waals surface area contributed by atoms with Gasteiger partial charge in [-0.3, -0.25) is 14.9 Å².